The first kappa shape index (κ1) is 12.1. The Bertz CT molecular complexity index is 420. The van der Waals surface area contributed by atoms with Crippen LogP contribution in [0.4, 0.5) is 0 Å². The molecule has 2 nitrogen and oxygen atoms in total. The van der Waals surface area contributed by atoms with Crippen molar-refractivity contribution in [2.75, 3.05) is 5.75 Å². The number of amides is 1. The maximum atomic E-state index is 11.9. The zero-order valence-electron chi connectivity index (χ0n) is 10.5. The molecule has 3 heteroatoms. The standard InChI is InChI=1S/C15H19NOS/c17-15(10-18-13-4-2-1-3-5-13)16-14-9-11-6-7-12(14)8-11/h1-5,11-12,14H,6-10H2,(H,16,17)/t11-,12-,14-/m0/s1. The fourth-order valence-corrected chi connectivity index (χ4v) is 4.07. The molecule has 2 fully saturated rings. The van der Waals surface area contributed by atoms with Crippen molar-refractivity contribution in [2.24, 2.45) is 11.8 Å². The van der Waals surface area contributed by atoms with E-state index in [0.29, 0.717) is 11.8 Å². The molecule has 3 atom stereocenters. The Hall–Kier alpha value is -0.960. The molecule has 0 aromatic heterocycles. The number of benzene rings is 1. The number of hydrogen-bond donors (Lipinski definition) is 1. The Morgan fingerprint density at radius 3 is 2.72 bits per heavy atom. The van der Waals surface area contributed by atoms with E-state index in [-0.39, 0.29) is 5.91 Å². The molecule has 0 radical (unpaired) electrons. The number of hydrogen-bond acceptors (Lipinski definition) is 2. The molecule has 1 N–H and O–H groups in total. The van der Waals surface area contributed by atoms with E-state index < -0.39 is 0 Å². The fourth-order valence-electron chi connectivity index (χ4n) is 3.34. The van der Waals surface area contributed by atoms with Crippen molar-refractivity contribution in [3.63, 3.8) is 0 Å². The molecule has 18 heavy (non-hydrogen) atoms. The molecule has 1 amide bonds. The summed E-state index contributed by atoms with van der Waals surface area (Å²) in [6.45, 7) is 0. The molecule has 0 unspecified atom stereocenters. The van der Waals surface area contributed by atoms with Crippen molar-refractivity contribution in [1.29, 1.82) is 0 Å². The maximum Gasteiger partial charge on any atom is 0.230 e. The zero-order chi connectivity index (χ0) is 12.4. The van der Waals surface area contributed by atoms with E-state index in [4.69, 9.17) is 0 Å². The highest BCUT2D eigenvalue weighted by molar-refractivity contribution is 8.00. The summed E-state index contributed by atoms with van der Waals surface area (Å²) in [7, 11) is 0. The van der Waals surface area contributed by atoms with Crippen LogP contribution in [0.5, 0.6) is 0 Å². The number of nitrogens with one attached hydrogen (secondary N) is 1. The van der Waals surface area contributed by atoms with Crippen molar-refractivity contribution < 1.29 is 4.79 Å². The van der Waals surface area contributed by atoms with Gasteiger partial charge in [-0.15, -0.1) is 11.8 Å². The third-order valence-corrected chi connectivity index (χ3v) is 5.21. The summed E-state index contributed by atoms with van der Waals surface area (Å²) in [5.74, 6) is 2.39. The first-order chi connectivity index (χ1) is 8.81. The lowest BCUT2D eigenvalue weighted by Crippen LogP contribution is -2.39. The summed E-state index contributed by atoms with van der Waals surface area (Å²) in [5.41, 5.74) is 0. The minimum absolute atomic E-state index is 0.196. The lowest BCUT2D eigenvalue weighted by atomic mass is 9.95. The Labute approximate surface area is 113 Å². The van der Waals surface area contributed by atoms with Crippen LogP contribution in [0.2, 0.25) is 0 Å². The topological polar surface area (TPSA) is 29.1 Å². The molecule has 2 aliphatic rings. The minimum atomic E-state index is 0.196. The van der Waals surface area contributed by atoms with Crippen molar-refractivity contribution in [3.8, 4) is 0 Å². The zero-order valence-corrected chi connectivity index (χ0v) is 11.3. The van der Waals surface area contributed by atoms with Gasteiger partial charge in [-0.25, -0.2) is 0 Å². The second-order valence-corrected chi connectivity index (χ2v) is 6.50. The van der Waals surface area contributed by atoms with E-state index in [0.717, 1.165) is 11.8 Å². The van der Waals surface area contributed by atoms with Crippen molar-refractivity contribution in [2.45, 2.75) is 36.6 Å². The average Bonchev–Trinajstić information content (AvgIpc) is 3.00. The average molecular weight is 261 g/mol. The van der Waals surface area contributed by atoms with Crippen molar-refractivity contribution in [3.05, 3.63) is 30.3 Å². The fraction of sp³-hybridized carbons (Fsp3) is 0.533. The number of carbonyl (C=O) groups is 1. The smallest absolute Gasteiger partial charge is 0.230 e. The maximum absolute atomic E-state index is 11.9. The molecule has 0 spiro atoms. The van der Waals surface area contributed by atoms with E-state index in [9.17, 15) is 4.79 Å². The van der Waals surface area contributed by atoms with Crippen molar-refractivity contribution >= 4 is 17.7 Å². The quantitative estimate of drug-likeness (QED) is 0.844. The van der Waals surface area contributed by atoms with Crippen LogP contribution >= 0.6 is 11.8 Å². The number of fused-ring (bicyclic) bond motifs is 2. The lowest BCUT2D eigenvalue weighted by Gasteiger charge is -2.22. The lowest BCUT2D eigenvalue weighted by molar-refractivity contribution is -0.119. The Morgan fingerprint density at radius 2 is 2.06 bits per heavy atom. The predicted molar refractivity (Wildman–Crippen MR) is 74.5 cm³/mol. The van der Waals surface area contributed by atoms with Gasteiger partial charge >= 0.3 is 0 Å². The normalized spacial score (nSPS) is 29.4. The molecular weight excluding hydrogens is 242 g/mol. The summed E-state index contributed by atoms with van der Waals surface area (Å²) in [5, 5.41) is 3.22. The Balaban J connectivity index is 1.45. The predicted octanol–water partition coefficient (Wildman–Crippen LogP) is 3.08. The summed E-state index contributed by atoms with van der Waals surface area (Å²) in [4.78, 5) is 13.1. The van der Waals surface area contributed by atoms with Crippen LogP contribution in [-0.4, -0.2) is 17.7 Å². The van der Waals surface area contributed by atoms with Gasteiger partial charge in [0.05, 0.1) is 5.75 Å². The molecule has 2 bridgehead atoms. The van der Waals surface area contributed by atoms with E-state index in [1.165, 1.54) is 30.6 Å². The van der Waals surface area contributed by atoms with E-state index >= 15 is 0 Å². The SMILES string of the molecule is O=C(CSc1ccccc1)N[C@H]1C[C@H]2CC[C@H]1C2. The van der Waals surface area contributed by atoms with Crippen LogP contribution in [-0.2, 0) is 4.79 Å². The van der Waals surface area contributed by atoms with Crippen LogP contribution in [0.3, 0.4) is 0 Å². The van der Waals surface area contributed by atoms with Gasteiger partial charge in [0.1, 0.15) is 0 Å². The summed E-state index contributed by atoms with van der Waals surface area (Å²) in [6.07, 6.45) is 5.26. The highest BCUT2D eigenvalue weighted by atomic mass is 32.2. The van der Waals surface area contributed by atoms with Gasteiger partial charge in [0, 0.05) is 10.9 Å². The number of thioether (sulfide) groups is 1. The molecule has 3 rings (SSSR count). The molecular formula is C15H19NOS. The number of rotatable bonds is 4. The molecule has 1 aromatic rings. The second-order valence-electron chi connectivity index (χ2n) is 5.45. The van der Waals surface area contributed by atoms with Crippen molar-refractivity contribution in [1.82, 2.24) is 5.32 Å². The molecule has 0 aliphatic heterocycles. The van der Waals surface area contributed by atoms with E-state index in [1.807, 2.05) is 18.2 Å². The van der Waals surface area contributed by atoms with E-state index in [2.05, 4.69) is 17.4 Å². The van der Waals surface area contributed by atoms with Gasteiger partial charge in [-0.05, 0) is 43.2 Å². The van der Waals surface area contributed by atoms with Gasteiger partial charge in [-0.2, -0.15) is 0 Å². The molecule has 0 heterocycles. The highest BCUT2D eigenvalue weighted by Gasteiger charge is 2.39. The van der Waals surface area contributed by atoms with E-state index in [1.54, 1.807) is 11.8 Å². The highest BCUT2D eigenvalue weighted by Crippen LogP contribution is 2.44. The Kier molecular flexibility index (Phi) is 3.59. The molecule has 0 saturated heterocycles. The molecule has 1 aromatic carbocycles. The first-order valence-electron chi connectivity index (χ1n) is 6.78. The van der Waals surface area contributed by atoms with Crippen LogP contribution in [0, 0.1) is 11.8 Å². The van der Waals surface area contributed by atoms with Crippen LogP contribution in [0.25, 0.3) is 0 Å². The van der Waals surface area contributed by atoms with Gasteiger partial charge in [0.15, 0.2) is 0 Å². The number of carbonyl (C=O) groups excluding carboxylic acids is 1. The molecule has 2 saturated carbocycles. The minimum Gasteiger partial charge on any atom is -0.352 e. The van der Waals surface area contributed by atoms with Crippen LogP contribution in [0.1, 0.15) is 25.7 Å². The van der Waals surface area contributed by atoms with Crippen LogP contribution < -0.4 is 5.32 Å². The largest absolute Gasteiger partial charge is 0.352 e. The van der Waals surface area contributed by atoms with Gasteiger partial charge in [-0.1, -0.05) is 24.6 Å². The summed E-state index contributed by atoms with van der Waals surface area (Å²) in [6, 6.07) is 10.6. The van der Waals surface area contributed by atoms with Crippen LogP contribution in [0.15, 0.2) is 35.2 Å². The Morgan fingerprint density at radius 1 is 1.22 bits per heavy atom. The van der Waals surface area contributed by atoms with Gasteiger partial charge in [-0.3, -0.25) is 4.79 Å². The molecule has 96 valence electrons. The third-order valence-electron chi connectivity index (χ3n) is 4.20. The molecule has 2 aliphatic carbocycles. The summed E-state index contributed by atoms with van der Waals surface area (Å²) < 4.78 is 0. The monoisotopic (exact) mass is 261 g/mol. The third kappa shape index (κ3) is 2.72. The van der Waals surface area contributed by atoms with Gasteiger partial charge in [0.2, 0.25) is 5.91 Å². The second kappa shape index (κ2) is 5.35. The van der Waals surface area contributed by atoms with Gasteiger partial charge < -0.3 is 5.32 Å². The first-order valence-corrected chi connectivity index (χ1v) is 7.77. The summed E-state index contributed by atoms with van der Waals surface area (Å²) >= 11 is 1.62. The van der Waals surface area contributed by atoms with Gasteiger partial charge in [0.25, 0.3) is 0 Å².